The van der Waals surface area contributed by atoms with Crippen molar-refractivity contribution in [3.63, 3.8) is 0 Å². The van der Waals surface area contributed by atoms with Crippen LogP contribution in [0.2, 0.25) is 0 Å². The van der Waals surface area contributed by atoms with E-state index in [9.17, 15) is 0 Å². The Morgan fingerprint density at radius 1 is 0.277 bits per heavy atom. The third kappa shape index (κ3) is 6.70. The molecule has 0 atom stereocenters. The SMILES string of the molecule is CC(C)(C)c1cc(-c2ccc3c(c2)C2(c4ccccc4N(c4ccc(-c5ccccc5)cc4)c4ccccc42)c2ccccc2N3c2ccc(-c3ccccc3)cc2)cc(C(C)(C)C)c1. The second-order valence-corrected chi connectivity index (χ2v) is 19.8. The zero-order chi connectivity index (χ0) is 44.5. The van der Waals surface area contributed by atoms with Gasteiger partial charge >= 0.3 is 0 Å². The molecule has 0 aromatic heterocycles. The molecule has 2 nitrogen and oxygen atoms in total. The number of fused-ring (bicyclic) bond motifs is 8. The predicted molar refractivity (Wildman–Crippen MR) is 275 cm³/mol. The van der Waals surface area contributed by atoms with Crippen LogP contribution in [0, 0.1) is 0 Å². The van der Waals surface area contributed by atoms with Crippen LogP contribution in [-0.2, 0) is 16.2 Å². The fourth-order valence-corrected chi connectivity index (χ4v) is 10.4. The van der Waals surface area contributed by atoms with Gasteiger partial charge in [0.25, 0.3) is 0 Å². The Labute approximate surface area is 385 Å². The summed E-state index contributed by atoms with van der Waals surface area (Å²) in [5, 5.41) is 0. The van der Waals surface area contributed by atoms with Crippen molar-refractivity contribution in [2.75, 3.05) is 9.80 Å². The van der Waals surface area contributed by atoms with Crippen LogP contribution in [0.25, 0.3) is 33.4 Å². The van der Waals surface area contributed by atoms with Crippen molar-refractivity contribution in [3.8, 4) is 33.4 Å². The molecule has 0 radical (unpaired) electrons. The molecular formula is C63H54N2. The highest BCUT2D eigenvalue weighted by atomic mass is 15.2. The van der Waals surface area contributed by atoms with E-state index >= 15 is 0 Å². The number of hydrogen-bond acceptors (Lipinski definition) is 2. The molecule has 0 N–H and O–H groups in total. The molecule has 0 saturated carbocycles. The van der Waals surface area contributed by atoms with E-state index in [0.29, 0.717) is 0 Å². The van der Waals surface area contributed by atoms with Gasteiger partial charge in [-0.3, -0.25) is 0 Å². The van der Waals surface area contributed by atoms with Gasteiger partial charge in [-0.2, -0.15) is 0 Å². The lowest BCUT2D eigenvalue weighted by Crippen LogP contribution is -2.42. The highest BCUT2D eigenvalue weighted by molar-refractivity contribution is 5.97. The maximum Gasteiger partial charge on any atom is 0.0783 e. The largest absolute Gasteiger partial charge is 0.310 e. The summed E-state index contributed by atoms with van der Waals surface area (Å²) in [4.78, 5) is 4.98. The second kappa shape index (κ2) is 15.4. The van der Waals surface area contributed by atoms with E-state index in [1.807, 2.05) is 0 Å². The van der Waals surface area contributed by atoms with Crippen molar-refractivity contribution in [1.82, 2.24) is 0 Å². The zero-order valence-electron chi connectivity index (χ0n) is 38.2. The first-order valence-electron chi connectivity index (χ1n) is 23.0. The molecule has 0 bridgehead atoms. The smallest absolute Gasteiger partial charge is 0.0783 e. The van der Waals surface area contributed by atoms with Crippen LogP contribution in [0.1, 0.15) is 74.9 Å². The third-order valence-electron chi connectivity index (χ3n) is 13.8. The standard InChI is InChI=1S/C63H54N2/c1-61(2,3)49-39-48(40-50(42-49)62(4,5)6)47-33-38-60-56(41-47)63(55-25-15-18-28-59(55)65(60)52-36-31-46(32-37-52)44-21-11-8-12-22-44)53-23-13-16-26-57(53)64(58-27-17-14-24-54(58)63)51-34-29-45(30-35-51)43-19-9-7-10-20-43/h7-42H,1-6H3. The second-order valence-electron chi connectivity index (χ2n) is 19.8. The summed E-state index contributed by atoms with van der Waals surface area (Å²) in [5.74, 6) is 0. The van der Waals surface area contributed by atoms with E-state index in [-0.39, 0.29) is 10.8 Å². The number of rotatable bonds is 5. The molecule has 9 aromatic carbocycles. The maximum absolute atomic E-state index is 2.53. The van der Waals surface area contributed by atoms with E-state index in [4.69, 9.17) is 0 Å². The number of anilines is 6. The monoisotopic (exact) mass is 838 g/mol. The van der Waals surface area contributed by atoms with Crippen LogP contribution in [0.4, 0.5) is 34.1 Å². The van der Waals surface area contributed by atoms with Crippen LogP contribution >= 0.6 is 0 Å². The van der Waals surface area contributed by atoms with Crippen molar-refractivity contribution in [1.29, 1.82) is 0 Å². The van der Waals surface area contributed by atoms with Gasteiger partial charge in [0.15, 0.2) is 0 Å². The molecule has 0 amide bonds. The van der Waals surface area contributed by atoms with E-state index < -0.39 is 5.41 Å². The van der Waals surface area contributed by atoms with Gasteiger partial charge in [-0.1, -0.05) is 205 Å². The molecule has 2 heteroatoms. The Hall–Kier alpha value is -7.42. The Balaban J connectivity index is 1.19. The van der Waals surface area contributed by atoms with Gasteiger partial charge in [0.2, 0.25) is 0 Å². The lowest BCUT2D eigenvalue weighted by atomic mass is 9.60. The van der Waals surface area contributed by atoms with Crippen LogP contribution < -0.4 is 9.80 Å². The topological polar surface area (TPSA) is 6.48 Å². The number of nitrogens with zero attached hydrogens (tertiary/aromatic N) is 2. The van der Waals surface area contributed by atoms with Crippen LogP contribution in [0.15, 0.2) is 218 Å². The lowest BCUT2D eigenvalue weighted by Gasteiger charge is -2.51. The van der Waals surface area contributed by atoms with E-state index in [2.05, 4.69) is 270 Å². The Bertz CT molecular complexity index is 3070. The van der Waals surface area contributed by atoms with Crippen molar-refractivity contribution in [2.45, 2.75) is 57.8 Å². The van der Waals surface area contributed by atoms with Gasteiger partial charge < -0.3 is 9.80 Å². The summed E-state index contributed by atoms with van der Waals surface area (Å²) in [6, 6.07) is 81.5. The molecule has 0 aliphatic carbocycles. The molecule has 1 spiro atoms. The third-order valence-corrected chi connectivity index (χ3v) is 13.8. The van der Waals surface area contributed by atoms with Crippen molar-refractivity contribution < 1.29 is 0 Å². The molecule has 65 heavy (non-hydrogen) atoms. The van der Waals surface area contributed by atoms with Gasteiger partial charge in [0.05, 0.1) is 28.2 Å². The molecular weight excluding hydrogens is 785 g/mol. The molecule has 2 aliphatic rings. The fourth-order valence-electron chi connectivity index (χ4n) is 10.4. The fraction of sp³-hybridized carbons (Fsp3) is 0.143. The molecule has 0 fully saturated rings. The first kappa shape index (κ1) is 40.4. The molecule has 2 aliphatic heterocycles. The van der Waals surface area contributed by atoms with E-state index in [0.717, 1.165) is 11.4 Å². The van der Waals surface area contributed by atoms with Crippen molar-refractivity contribution >= 4 is 34.1 Å². The predicted octanol–water partition coefficient (Wildman–Crippen LogP) is 17.2. The van der Waals surface area contributed by atoms with Crippen LogP contribution in [-0.4, -0.2) is 0 Å². The molecule has 11 rings (SSSR count). The highest BCUT2D eigenvalue weighted by Crippen LogP contribution is 2.64. The average Bonchev–Trinajstić information content (AvgIpc) is 3.34. The van der Waals surface area contributed by atoms with E-state index in [1.165, 1.54) is 89.5 Å². The van der Waals surface area contributed by atoms with Gasteiger partial charge in [-0.15, -0.1) is 0 Å². The summed E-state index contributed by atoms with van der Waals surface area (Å²) in [7, 11) is 0. The summed E-state index contributed by atoms with van der Waals surface area (Å²) >= 11 is 0. The maximum atomic E-state index is 2.53. The summed E-state index contributed by atoms with van der Waals surface area (Å²) in [5.41, 5.74) is 21.3. The average molecular weight is 839 g/mol. The first-order chi connectivity index (χ1) is 31.5. The summed E-state index contributed by atoms with van der Waals surface area (Å²) < 4.78 is 0. The zero-order valence-corrected chi connectivity index (χ0v) is 38.2. The summed E-state index contributed by atoms with van der Waals surface area (Å²) in [6.45, 7) is 14.0. The lowest BCUT2D eigenvalue weighted by molar-refractivity contribution is 0.569. The Morgan fingerprint density at radius 2 is 0.615 bits per heavy atom. The molecule has 2 heterocycles. The minimum absolute atomic E-state index is 0.0168. The Kier molecular flexibility index (Phi) is 9.55. The van der Waals surface area contributed by atoms with Crippen LogP contribution in [0.5, 0.6) is 0 Å². The quantitative estimate of drug-likeness (QED) is 0.170. The minimum Gasteiger partial charge on any atom is -0.310 e. The molecule has 316 valence electrons. The van der Waals surface area contributed by atoms with Gasteiger partial charge in [-0.05, 0) is 132 Å². The van der Waals surface area contributed by atoms with Gasteiger partial charge in [-0.25, -0.2) is 0 Å². The van der Waals surface area contributed by atoms with E-state index in [1.54, 1.807) is 0 Å². The number of hydrogen-bond donors (Lipinski definition) is 0. The molecule has 0 saturated heterocycles. The van der Waals surface area contributed by atoms with Crippen molar-refractivity contribution in [3.05, 3.63) is 252 Å². The number of para-hydroxylation sites is 3. The number of benzene rings is 9. The summed E-state index contributed by atoms with van der Waals surface area (Å²) in [6.07, 6.45) is 0. The van der Waals surface area contributed by atoms with Gasteiger partial charge in [0, 0.05) is 11.4 Å². The minimum atomic E-state index is -0.662. The van der Waals surface area contributed by atoms with Crippen molar-refractivity contribution in [2.24, 2.45) is 0 Å². The van der Waals surface area contributed by atoms with Crippen LogP contribution in [0.3, 0.4) is 0 Å². The highest BCUT2D eigenvalue weighted by Gasteiger charge is 2.52. The molecule has 0 unspecified atom stereocenters. The van der Waals surface area contributed by atoms with Gasteiger partial charge in [0.1, 0.15) is 0 Å². The first-order valence-corrected chi connectivity index (χ1v) is 23.0. The Morgan fingerprint density at radius 3 is 1.02 bits per heavy atom. The normalized spacial score (nSPS) is 13.8. The molecule has 9 aromatic rings.